The van der Waals surface area contributed by atoms with Crippen molar-refractivity contribution < 1.29 is 14.3 Å². The molecule has 3 rings (SSSR count). The zero-order chi connectivity index (χ0) is 17.9. The number of methoxy groups -OCH3 is 1. The standard InChI is InChI=1S/C20H28N2O3/c1-20(9-3-4-10-20)14-21-19(24)16-11-18(23)22(13-16)12-15-5-7-17(25-2)8-6-15/h5-8,16H,3-4,9-14H2,1-2H3,(H,21,24). The van der Waals surface area contributed by atoms with Gasteiger partial charge in [-0.15, -0.1) is 0 Å². The fourth-order valence-electron chi connectivity index (χ4n) is 3.90. The molecule has 2 amide bonds. The summed E-state index contributed by atoms with van der Waals surface area (Å²) in [5.41, 5.74) is 1.29. The number of carbonyl (C=O) groups is 2. The summed E-state index contributed by atoms with van der Waals surface area (Å²) in [6, 6.07) is 7.70. The highest BCUT2D eigenvalue weighted by Crippen LogP contribution is 2.36. The fraction of sp³-hybridized carbons (Fsp3) is 0.600. The maximum Gasteiger partial charge on any atom is 0.225 e. The molecule has 0 spiro atoms. The van der Waals surface area contributed by atoms with E-state index in [-0.39, 0.29) is 23.1 Å². The van der Waals surface area contributed by atoms with Crippen LogP contribution >= 0.6 is 0 Å². The number of likely N-dealkylation sites (tertiary alicyclic amines) is 1. The van der Waals surface area contributed by atoms with Crippen molar-refractivity contribution in [1.82, 2.24) is 10.2 Å². The Morgan fingerprint density at radius 2 is 1.96 bits per heavy atom. The molecule has 1 unspecified atom stereocenters. The van der Waals surface area contributed by atoms with Crippen molar-refractivity contribution in [2.24, 2.45) is 11.3 Å². The summed E-state index contributed by atoms with van der Waals surface area (Å²) < 4.78 is 5.15. The highest BCUT2D eigenvalue weighted by molar-refractivity contribution is 5.89. The summed E-state index contributed by atoms with van der Waals surface area (Å²) in [5, 5.41) is 3.09. The number of ether oxygens (including phenoxy) is 1. The Balaban J connectivity index is 1.51. The second kappa shape index (κ2) is 7.46. The Morgan fingerprint density at radius 3 is 2.60 bits per heavy atom. The molecule has 136 valence electrons. The average Bonchev–Trinajstić information content (AvgIpc) is 3.20. The maximum atomic E-state index is 12.5. The number of hydrogen-bond donors (Lipinski definition) is 1. The van der Waals surface area contributed by atoms with Crippen LogP contribution in [0.5, 0.6) is 5.75 Å². The summed E-state index contributed by atoms with van der Waals surface area (Å²) in [7, 11) is 1.63. The Labute approximate surface area is 149 Å². The van der Waals surface area contributed by atoms with Crippen LogP contribution in [-0.2, 0) is 16.1 Å². The van der Waals surface area contributed by atoms with Crippen LogP contribution in [0.4, 0.5) is 0 Å². The van der Waals surface area contributed by atoms with Crippen LogP contribution in [0.3, 0.4) is 0 Å². The van der Waals surface area contributed by atoms with Crippen molar-refractivity contribution in [1.29, 1.82) is 0 Å². The van der Waals surface area contributed by atoms with Gasteiger partial charge in [-0.2, -0.15) is 0 Å². The summed E-state index contributed by atoms with van der Waals surface area (Å²) >= 11 is 0. The molecule has 5 nitrogen and oxygen atoms in total. The fourth-order valence-corrected chi connectivity index (χ4v) is 3.90. The van der Waals surface area contributed by atoms with Gasteiger partial charge in [0, 0.05) is 26.1 Å². The predicted molar refractivity (Wildman–Crippen MR) is 96.1 cm³/mol. The molecule has 1 atom stereocenters. The quantitative estimate of drug-likeness (QED) is 0.863. The summed E-state index contributed by atoms with van der Waals surface area (Å²) in [5.74, 6) is 0.659. The molecule has 0 aromatic heterocycles. The molecule has 1 N–H and O–H groups in total. The lowest BCUT2D eigenvalue weighted by molar-refractivity contribution is -0.129. The lowest BCUT2D eigenvalue weighted by atomic mass is 9.88. The number of hydrogen-bond acceptors (Lipinski definition) is 3. The van der Waals surface area contributed by atoms with Gasteiger partial charge in [-0.25, -0.2) is 0 Å². The Kier molecular flexibility index (Phi) is 5.30. The molecule has 1 saturated heterocycles. The molecule has 2 aliphatic rings. The first-order chi connectivity index (χ1) is 12.0. The Bertz CT molecular complexity index is 620. The normalized spacial score (nSPS) is 22.2. The first-order valence-electron chi connectivity index (χ1n) is 9.17. The lowest BCUT2D eigenvalue weighted by Gasteiger charge is -2.24. The van der Waals surface area contributed by atoms with Crippen LogP contribution in [0.1, 0.15) is 44.6 Å². The largest absolute Gasteiger partial charge is 0.497 e. The number of amides is 2. The highest BCUT2D eigenvalue weighted by atomic mass is 16.5. The third-order valence-electron chi connectivity index (χ3n) is 5.62. The summed E-state index contributed by atoms with van der Waals surface area (Å²) in [6.45, 7) is 4.03. The van der Waals surface area contributed by atoms with Gasteiger partial charge < -0.3 is 15.0 Å². The molecule has 25 heavy (non-hydrogen) atoms. The third kappa shape index (κ3) is 4.33. The van der Waals surface area contributed by atoms with Crippen LogP contribution in [0.2, 0.25) is 0 Å². The zero-order valence-electron chi connectivity index (χ0n) is 15.2. The second-order valence-electron chi connectivity index (χ2n) is 7.76. The monoisotopic (exact) mass is 344 g/mol. The van der Waals surface area contributed by atoms with Crippen LogP contribution in [-0.4, -0.2) is 36.9 Å². The topological polar surface area (TPSA) is 58.6 Å². The molecule has 1 aromatic carbocycles. The van der Waals surface area contributed by atoms with E-state index in [9.17, 15) is 9.59 Å². The first kappa shape index (κ1) is 17.8. The molecule has 0 bridgehead atoms. The molecule has 1 saturated carbocycles. The van der Waals surface area contributed by atoms with E-state index in [2.05, 4.69) is 12.2 Å². The Hall–Kier alpha value is -2.04. The second-order valence-corrected chi connectivity index (χ2v) is 7.76. The van der Waals surface area contributed by atoms with Gasteiger partial charge in [0.05, 0.1) is 13.0 Å². The average molecular weight is 344 g/mol. The van der Waals surface area contributed by atoms with Gasteiger partial charge in [0.2, 0.25) is 11.8 Å². The van der Waals surface area contributed by atoms with Gasteiger partial charge in [0.1, 0.15) is 5.75 Å². The van der Waals surface area contributed by atoms with E-state index in [0.29, 0.717) is 19.5 Å². The van der Waals surface area contributed by atoms with E-state index < -0.39 is 0 Å². The van der Waals surface area contributed by atoms with E-state index >= 15 is 0 Å². The number of benzene rings is 1. The van der Waals surface area contributed by atoms with Crippen molar-refractivity contribution in [3.05, 3.63) is 29.8 Å². The van der Waals surface area contributed by atoms with Gasteiger partial charge in [-0.1, -0.05) is 31.9 Å². The molecule has 5 heteroatoms. The number of nitrogens with zero attached hydrogens (tertiary/aromatic N) is 1. The number of carbonyl (C=O) groups excluding carboxylic acids is 2. The van der Waals surface area contributed by atoms with Gasteiger partial charge in [-0.3, -0.25) is 9.59 Å². The highest BCUT2D eigenvalue weighted by Gasteiger charge is 2.35. The van der Waals surface area contributed by atoms with Crippen LogP contribution in [0.15, 0.2) is 24.3 Å². The molecular formula is C20H28N2O3. The molecule has 2 fully saturated rings. The van der Waals surface area contributed by atoms with Gasteiger partial charge in [0.25, 0.3) is 0 Å². The predicted octanol–water partition coefficient (Wildman–Crippen LogP) is 2.74. The van der Waals surface area contributed by atoms with Crippen molar-refractivity contribution in [3.63, 3.8) is 0 Å². The van der Waals surface area contributed by atoms with E-state index in [4.69, 9.17) is 4.74 Å². The smallest absolute Gasteiger partial charge is 0.225 e. The van der Waals surface area contributed by atoms with Crippen molar-refractivity contribution in [2.75, 3.05) is 20.2 Å². The maximum absolute atomic E-state index is 12.5. The van der Waals surface area contributed by atoms with Crippen molar-refractivity contribution in [3.8, 4) is 5.75 Å². The molecule has 1 aliphatic heterocycles. The van der Waals surface area contributed by atoms with Crippen molar-refractivity contribution >= 4 is 11.8 Å². The molecule has 1 aliphatic carbocycles. The third-order valence-corrected chi connectivity index (χ3v) is 5.62. The number of nitrogens with one attached hydrogen (secondary N) is 1. The van der Waals surface area contributed by atoms with Crippen LogP contribution in [0.25, 0.3) is 0 Å². The molecule has 0 radical (unpaired) electrons. The van der Waals surface area contributed by atoms with Crippen LogP contribution < -0.4 is 10.1 Å². The van der Waals surface area contributed by atoms with E-state index in [1.54, 1.807) is 12.0 Å². The number of rotatable bonds is 6. The molecule has 1 aromatic rings. The van der Waals surface area contributed by atoms with Gasteiger partial charge >= 0.3 is 0 Å². The first-order valence-corrected chi connectivity index (χ1v) is 9.17. The lowest BCUT2D eigenvalue weighted by Crippen LogP contribution is -2.38. The van der Waals surface area contributed by atoms with Crippen LogP contribution in [0, 0.1) is 11.3 Å². The minimum absolute atomic E-state index is 0.0266. The minimum Gasteiger partial charge on any atom is -0.497 e. The van der Waals surface area contributed by atoms with Crippen molar-refractivity contribution in [2.45, 2.75) is 45.6 Å². The summed E-state index contributed by atoms with van der Waals surface area (Å²) in [6.07, 6.45) is 5.19. The summed E-state index contributed by atoms with van der Waals surface area (Å²) in [4.78, 5) is 26.5. The SMILES string of the molecule is COc1ccc(CN2CC(C(=O)NCC3(C)CCCC3)CC2=O)cc1. The minimum atomic E-state index is -0.226. The molecular weight excluding hydrogens is 316 g/mol. The van der Waals surface area contributed by atoms with Gasteiger partial charge in [-0.05, 0) is 36.0 Å². The Morgan fingerprint density at radius 1 is 1.28 bits per heavy atom. The molecule has 1 heterocycles. The van der Waals surface area contributed by atoms with E-state index in [1.807, 2.05) is 24.3 Å². The van der Waals surface area contributed by atoms with E-state index in [0.717, 1.165) is 17.9 Å². The van der Waals surface area contributed by atoms with Gasteiger partial charge in [0.15, 0.2) is 0 Å². The zero-order valence-corrected chi connectivity index (χ0v) is 15.2. The van der Waals surface area contributed by atoms with E-state index in [1.165, 1.54) is 25.7 Å².